The summed E-state index contributed by atoms with van der Waals surface area (Å²) in [6.07, 6.45) is 3.26. The number of aliphatic carboxylic acids is 1. The van der Waals surface area contributed by atoms with Crippen molar-refractivity contribution in [3.8, 4) is 0 Å². The van der Waals surface area contributed by atoms with Crippen LogP contribution in [-0.4, -0.2) is 40.6 Å². The van der Waals surface area contributed by atoms with Crippen LogP contribution in [0.5, 0.6) is 0 Å². The van der Waals surface area contributed by atoms with Crippen molar-refractivity contribution >= 4 is 5.97 Å². The van der Waals surface area contributed by atoms with Gasteiger partial charge in [-0.15, -0.1) is 0 Å². The molecule has 0 aromatic rings. The van der Waals surface area contributed by atoms with Gasteiger partial charge in [0, 0.05) is 12.6 Å². The fraction of sp³-hybridized carbons (Fsp3) is 0.923. The zero-order valence-corrected chi connectivity index (χ0v) is 11.3. The first-order chi connectivity index (χ1) is 7.92. The first kappa shape index (κ1) is 14.5. The van der Waals surface area contributed by atoms with E-state index >= 15 is 0 Å². The Bertz CT molecular complexity index is 270. The second-order valence-corrected chi connectivity index (χ2v) is 5.46. The molecule has 3 N–H and O–H groups in total. The SMILES string of the molecule is CCC(C)CN(CC)C1CCC(N)(C(=O)O)C1. The molecular weight excluding hydrogens is 216 g/mol. The molecule has 0 saturated heterocycles. The second-order valence-electron chi connectivity index (χ2n) is 5.46. The number of carboxylic acids is 1. The summed E-state index contributed by atoms with van der Waals surface area (Å²) >= 11 is 0. The Kier molecular flexibility index (Phi) is 4.95. The highest BCUT2D eigenvalue weighted by molar-refractivity contribution is 5.79. The Labute approximate surface area is 104 Å². The van der Waals surface area contributed by atoms with Crippen molar-refractivity contribution in [2.45, 2.75) is 58.0 Å². The van der Waals surface area contributed by atoms with Crippen molar-refractivity contribution in [2.24, 2.45) is 11.7 Å². The van der Waals surface area contributed by atoms with Gasteiger partial charge in [-0.25, -0.2) is 0 Å². The van der Waals surface area contributed by atoms with Crippen LogP contribution in [0, 0.1) is 5.92 Å². The molecule has 4 heteroatoms. The molecule has 1 rings (SSSR count). The molecule has 0 aromatic heterocycles. The lowest BCUT2D eigenvalue weighted by Gasteiger charge is -2.30. The average molecular weight is 242 g/mol. The van der Waals surface area contributed by atoms with Gasteiger partial charge >= 0.3 is 5.97 Å². The van der Waals surface area contributed by atoms with E-state index in [0.29, 0.717) is 24.8 Å². The first-order valence-corrected chi connectivity index (χ1v) is 6.69. The van der Waals surface area contributed by atoms with Gasteiger partial charge in [-0.2, -0.15) is 0 Å². The molecule has 3 unspecified atom stereocenters. The minimum absolute atomic E-state index is 0.343. The highest BCUT2D eigenvalue weighted by Crippen LogP contribution is 2.31. The lowest BCUT2D eigenvalue weighted by Crippen LogP contribution is -2.47. The van der Waals surface area contributed by atoms with Crippen molar-refractivity contribution < 1.29 is 9.90 Å². The van der Waals surface area contributed by atoms with Crippen LogP contribution in [0.2, 0.25) is 0 Å². The summed E-state index contributed by atoms with van der Waals surface area (Å²) in [7, 11) is 0. The third-order valence-electron chi connectivity index (χ3n) is 4.12. The smallest absolute Gasteiger partial charge is 0.323 e. The quantitative estimate of drug-likeness (QED) is 0.744. The van der Waals surface area contributed by atoms with E-state index in [2.05, 4.69) is 25.7 Å². The average Bonchev–Trinajstić information content (AvgIpc) is 2.69. The number of hydrogen-bond acceptors (Lipinski definition) is 3. The predicted octanol–water partition coefficient (Wildman–Crippen LogP) is 1.69. The molecule has 0 aliphatic heterocycles. The molecule has 3 atom stereocenters. The van der Waals surface area contributed by atoms with Crippen molar-refractivity contribution in [1.82, 2.24) is 4.90 Å². The van der Waals surface area contributed by atoms with Gasteiger partial charge in [0.05, 0.1) is 0 Å². The third kappa shape index (κ3) is 3.42. The minimum Gasteiger partial charge on any atom is -0.480 e. The fourth-order valence-electron chi connectivity index (χ4n) is 2.62. The number of carbonyl (C=O) groups is 1. The number of nitrogens with zero attached hydrogens (tertiary/aromatic N) is 1. The molecular formula is C13H26N2O2. The molecule has 0 bridgehead atoms. The van der Waals surface area contributed by atoms with Gasteiger partial charge in [-0.1, -0.05) is 27.2 Å². The molecule has 0 heterocycles. The molecule has 0 aromatic carbocycles. The molecule has 0 spiro atoms. The maximum absolute atomic E-state index is 11.1. The van der Waals surface area contributed by atoms with E-state index in [1.54, 1.807) is 0 Å². The topological polar surface area (TPSA) is 66.6 Å². The molecule has 0 radical (unpaired) electrons. The van der Waals surface area contributed by atoms with Crippen LogP contribution in [0.4, 0.5) is 0 Å². The van der Waals surface area contributed by atoms with Crippen molar-refractivity contribution in [3.05, 3.63) is 0 Å². The highest BCUT2D eigenvalue weighted by atomic mass is 16.4. The molecule has 4 nitrogen and oxygen atoms in total. The summed E-state index contributed by atoms with van der Waals surface area (Å²) < 4.78 is 0. The Morgan fingerprint density at radius 3 is 2.65 bits per heavy atom. The van der Waals surface area contributed by atoms with Crippen molar-refractivity contribution in [2.75, 3.05) is 13.1 Å². The largest absolute Gasteiger partial charge is 0.480 e. The zero-order chi connectivity index (χ0) is 13.1. The van der Waals surface area contributed by atoms with Crippen LogP contribution in [-0.2, 0) is 4.79 Å². The van der Waals surface area contributed by atoms with Crippen LogP contribution in [0.1, 0.15) is 46.5 Å². The second kappa shape index (κ2) is 5.83. The number of nitrogens with two attached hydrogens (primary N) is 1. The van der Waals surface area contributed by atoms with E-state index in [9.17, 15) is 4.79 Å². The summed E-state index contributed by atoms with van der Waals surface area (Å²) in [4.78, 5) is 13.5. The van der Waals surface area contributed by atoms with E-state index in [1.165, 1.54) is 0 Å². The van der Waals surface area contributed by atoms with E-state index < -0.39 is 11.5 Å². The van der Waals surface area contributed by atoms with Gasteiger partial charge in [-0.05, 0) is 31.7 Å². The van der Waals surface area contributed by atoms with E-state index in [0.717, 1.165) is 25.9 Å². The normalized spacial score (nSPS) is 30.8. The van der Waals surface area contributed by atoms with Gasteiger partial charge in [-0.3, -0.25) is 4.79 Å². The highest BCUT2D eigenvalue weighted by Gasteiger charge is 2.43. The predicted molar refractivity (Wildman–Crippen MR) is 68.9 cm³/mol. The summed E-state index contributed by atoms with van der Waals surface area (Å²) in [6, 6.07) is 0.343. The molecule has 17 heavy (non-hydrogen) atoms. The maximum Gasteiger partial charge on any atom is 0.323 e. The monoisotopic (exact) mass is 242 g/mol. The molecule has 1 fully saturated rings. The molecule has 1 saturated carbocycles. The number of carboxylic acid groups (broad SMARTS) is 1. The minimum atomic E-state index is -0.993. The fourth-order valence-corrected chi connectivity index (χ4v) is 2.62. The van der Waals surface area contributed by atoms with Crippen LogP contribution in [0.25, 0.3) is 0 Å². The lowest BCUT2D eigenvalue weighted by molar-refractivity contribution is -0.143. The van der Waals surface area contributed by atoms with Gasteiger partial charge < -0.3 is 15.7 Å². The maximum atomic E-state index is 11.1. The standard InChI is InChI=1S/C13H26N2O2/c1-4-10(3)9-15(5-2)11-6-7-13(14,8-11)12(16)17/h10-11H,4-9,14H2,1-3H3,(H,16,17). The van der Waals surface area contributed by atoms with Gasteiger partial charge in [0.25, 0.3) is 0 Å². The van der Waals surface area contributed by atoms with Crippen LogP contribution >= 0.6 is 0 Å². The zero-order valence-electron chi connectivity index (χ0n) is 11.3. The Balaban J connectivity index is 2.58. The van der Waals surface area contributed by atoms with Crippen LogP contribution < -0.4 is 5.73 Å². The molecule has 1 aliphatic carbocycles. The van der Waals surface area contributed by atoms with Crippen molar-refractivity contribution in [3.63, 3.8) is 0 Å². The first-order valence-electron chi connectivity index (χ1n) is 6.69. The Hall–Kier alpha value is -0.610. The van der Waals surface area contributed by atoms with Crippen LogP contribution in [0.3, 0.4) is 0 Å². The number of rotatable bonds is 6. The van der Waals surface area contributed by atoms with E-state index in [4.69, 9.17) is 10.8 Å². The molecule has 100 valence electrons. The van der Waals surface area contributed by atoms with Crippen molar-refractivity contribution in [1.29, 1.82) is 0 Å². The van der Waals surface area contributed by atoms with E-state index in [-0.39, 0.29) is 0 Å². The Morgan fingerprint density at radius 2 is 2.24 bits per heavy atom. The third-order valence-corrected chi connectivity index (χ3v) is 4.12. The van der Waals surface area contributed by atoms with Gasteiger partial charge in [0.2, 0.25) is 0 Å². The van der Waals surface area contributed by atoms with Gasteiger partial charge in [0.15, 0.2) is 0 Å². The summed E-state index contributed by atoms with van der Waals surface area (Å²) in [5.41, 5.74) is 4.93. The van der Waals surface area contributed by atoms with Gasteiger partial charge in [0.1, 0.15) is 5.54 Å². The Morgan fingerprint density at radius 1 is 1.59 bits per heavy atom. The molecule has 0 amide bonds. The lowest BCUT2D eigenvalue weighted by atomic mass is 9.99. The summed E-state index contributed by atoms with van der Waals surface area (Å²) in [5.74, 6) is -0.188. The molecule has 1 aliphatic rings. The summed E-state index contributed by atoms with van der Waals surface area (Å²) in [5, 5.41) is 9.13. The van der Waals surface area contributed by atoms with E-state index in [1.807, 2.05) is 0 Å². The van der Waals surface area contributed by atoms with Crippen LogP contribution in [0.15, 0.2) is 0 Å². The number of hydrogen-bond donors (Lipinski definition) is 2. The summed E-state index contributed by atoms with van der Waals surface area (Å²) in [6.45, 7) is 8.60.